The zero-order valence-electron chi connectivity index (χ0n) is 11.6. The van der Waals surface area contributed by atoms with Crippen molar-refractivity contribution in [2.45, 2.75) is 24.5 Å². The molecule has 2 bridgehead atoms. The molecule has 1 heterocycles. The van der Waals surface area contributed by atoms with Crippen LogP contribution in [0.25, 0.3) is 0 Å². The smallest absolute Gasteiger partial charge is 0.245 e. The molecule has 0 unspecified atom stereocenters. The van der Waals surface area contributed by atoms with E-state index < -0.39 is 28.4 Å². The predicted molar refractivity (Wildman–Crippen MR) is 73.2 cm³/mol. The summed E-state index contributed by atoms with van der Waals surface area (Å²) < 4.78 is 0. The van der Waals surface area contributed by atoms with Crippen LogP contribution in [0.5, 0.6) is 0 Å². The highest BCUT2D eigenvalue weighted by atomic mass is 16.3. The molecule has 2 aliphatic rings. The van der Waals surface area contributed by atoms with Gasteiger partial charge in [0.05, 0.1) is 18.2 Å². The van der Waals surface area contributed by atoms with Gasteiger partial charge in [0.15, 0.2) is 10.8 Å². The Morgan fingerprint density at radius 2 is 1.77 bits per heavy atom. The van der Waals surface area contributed by atoms with Gasteiger partial charge >= 0.3 is 0 Å². The summed E-state index contributed by atoms with van der Waals surface area (Å²) in [5.41, 5.74) is -4.62. The largest absolute Gasteiger partial charge is 0.371 e. The van der Waals surface area contributed by atoms with Crippen molar-refractivity contribution >= 4 is 5.91 Å². The Morgan fingerprint density at radius 1 is 1.14 bits per heavy atom. The topological polar surface area (TPSA) is 121 Å². The van der Waals surface area contributed by atoms with Crippen LogP contribution >= 0.6 is 0 Å². The molecule has 108 valence electrons. The lowest BCUT2D eigenvalue weighted by Crippen LogP contribution is -2.52. The van der Waals surface area contributed by atoms with Crippen molar-refractivity contribution in [2.75, 3.05) is 0 Å². The number of carbonyl (C=O) groups excluding carboxylic acids is 1. The van der Waals surface area contributed by atoms with Crippen molar-refractivity contribution in [1.29, 1.82) is 15.8 Å². The third kappa shape index (κ3) is 1.46. The van der Waals surface area contributed by atoms with Gasteiger partial charge in [0, 0.05) is 18.8 Å². The number of hydrogen-bond donors (Lipinski definition) is 2. The number of rotatable bonds is 1. The first-order valence-corrected chi connectivity index (χ1v) is 6.81. The number of benzene rings is 1. The fourth-order valence-corrected chi connectivity index (χ4v) is 3.71. The van der Waals surface area contributed by atoms with Crippen molar-refractivity contribution in [3.05, 3.63) is 35.9 Å². The van der Waals surface area contributed by atoms with Crippen LogP contribution in [0.2, 0.25) is 0 Å². The van der Waals surface area contributed by atoms with Crippen LogP contribution in [0.4, 0.5) is 0 Å². The summed E-state index contributed by atoms with van der Waals surface area (Å²) in [7, 11) is 0. The maximum atomic E-state index is 12.3. The number of hydrogen-bond acceptors (Lipinski definition) is 5. The molecule has 0 radical (unpaired) electrons. The molecule has 0 aromatic heterocycles. The Hall–Kier alpha value is -2.88. The van der Waals surface area contributed by atoms with Gasteiger partial charge in [-0.05, 0) is 5.56 Å². The molecule has 3 rings (SSSR count). The van der Waals surface area contributed by atoms with Crippen molar-refractivity contribution in [2.24, 2.45) is 10.8 Å². The summed E-state index contributed by atoms with van der Waals surface area (Å²) in [6.45, 7) is 0. The minimum absolute atomic E-state index is 0.0211. The number of fused-ring (bicyclic) bond motifs is 2. The Labute approximate surface area is 127 Å². The molecule has 1 amide bonds. The summed E-state index contributed by atoms with van der Waals surface area (Å²) in [6.07, 6.45) is -0.229. The zero-order chi connectivity index (χ0) is 16.0. The molecule has 1 aliphatic heterocycles. The average Bonchev–Trinajstić information content (AvgIpc) is 2.77. The van der Waals surface area contributed by atoms with Gasteiger partial charge in [-0.2, -0.15) is 15.8 Å². The molecule has 1 aromatic rings. The maximum Gasteiger partial charge on any atom is 0.245 e. The van der Waals surface area contributed by atoms with Gasteiger partial charge in [-0.3, -0.25) is 4.79 Å². The second kappa shape index (κ2) is 4.31. The first-order valence-electron chi connectivity index (χ1n) is 6.81. The van der Waals surface area contributed by atoms with Crippen molar-refractivity contribution in [1.82, 2.24) is 5.32 Å². The van der Waals surface area contributed by atoms with Gasteiger partial charge in [-0.15, -0.1) is 0 Å². The molecular formula is C16H12N4O2. The van der Waals surface area contributed by atoms with E-state index in [1.165, 1.54) is 0 Å². The summed E-state index contributed by atoms with van der Waals surface area (Å²) >= 11 is 0. The fourth-order valence-electron chi connectivity index (χ4n) is 3.71. The molecule has 22 heavy (non-hydrogen) atoms. The summed E-state index contributed by atoms with van der Waals surface area (Å²) in [6, 6.07) is 14.5. The SMILES string of the molecule is N#CC1(C#N)[C@@H](c2ccccc2)C[C@@]2(O)C[C@@]1(C#N)C(=O)N2. The summed E-state index contributed by atoms with van der Waals surface area (Å²) in [4.78, 5) is 12.3. The van der Waals surface area contributed by atoms with E-state index in [4.69, 9.17) is 0 Å². The maximum absolute atomic E-state index is 12.3. The van der Waals surface area contributed by atoms with Crippen LogP contribution in [0, 0.1) is 44.8 Å². The number of aliphatic hydroxyl groups is 1. The van der Waals surface area contributed by atoms with Crippen LogP contribution in [0.3, 0.4) is 0 Å². The lowest BCUT2D eigenvalue weighted by Gasteiger charge is -2.43. The molecule has 2 fully saturated rings. The first kappa shape index (κ1) is 14.1. The molecular weight excluding hydrogens is 280 g/mol. The van der Waals surface area contributed by atoms with Gasteiger partial charge in [0.25, 0.3) is 0 Å². The molecule has 3 atom stereocenters. The highest BCUT2D eigenvalue weighted by Gasteiger charge is 2.73. The Balaban J connectivity index is 2.29. The lowest BCUT2D eigenvalue weighted by atomic mass is 9.51. The summed E-state index contributed by atoms with van der Waals surface area (Å²) in [5.74, 6) is -1.49. The van der Waals surface area contributed by atoms with Crippen LogP contribution in [-0.4, -0.2) is 16.7 Å². The van der Waals surface area contributed by atoms with E-state index in [0.717, 1.165) is 0 Å². The molecule has 6 nitrogen and oxygen atoms in total. The van der Waals surface area contributed by atoms with Crippen LogP contribution in [0.15, 0.2) is 30.3 Å². The molecule has 1 aromatic carbocycles. The van der Waals surface area contributed by atoms with Crippen LogP contribution in [-0.2, 0) is 4.79 Å². The van der Waals surface area contributed by atoms with Gasteiger partial charge in [0.1, 0.15) is 5.72 Å². The van der Waals surface area contributed by atoms with Crippen molar-refractivity contribution in [3.8, 4) is 18.2 Å². The fraction of sp³-hybridized carbons (Fsp3) is 0.375. The minimum atomic E-state index is -1.87. The Kier molecular flexibility index (Phi) is 2.75. The number of amides is 1. The van der Waals surface area contributed by atoms with E-state index in [9.17, 15) is 25.7 Å². The third-order valence-corrected chi connectivity index (χ3v) is 4.77. The Bertz CT molecular complexity index is 756. The van der Waals surface area contributed by atoms with E-state index in [0.29, 0.717) is 5.56 Å². The highest BCUT2D eigenvalue weighted by molar-refractivity contribution is 5.91. The molecule has 6 heteroatoms. The number of nitrogens with one attached hydrogen (secondary N) is 1. The molecule has 1 saturated heterocycles. The van der Waals surface area contributed by atoms with Gasteiger partial charge in [0.2, 0.25) is 5.91 Å². The van der Waals surface area contributed by atoms with E-state index >= 15 is 0 Å². The number of carbonyl (C=O) groups is 1. The first-order chi connectivity index (χ1) is 10.5. The van der Waals surface area contributed by atoms with Gasteiger partial charge < -0.3 is 10.4 Å². The molecule has 0 spiro atoms. The normalized spacial score (nSPS) is 34.8. The standard InChI is InChI=1S/C16H12N4O2/c17-8-14-7-16(22,20-13(14)21)6-12(15(14,9-18)10-19)11-4-2-1-3-5-11/h1-5,12,22H,6-7H2,(H,20,21)/t12-,14-,16-/m1/s1. The predicted octanol–water partition coefficient (Wildman–Crippen LogP) is 0.926. The van der Waals surface area contributed by atoms with Crippen molar-refractivity contribution < 1.29 is 9.90 Å². The monoisotopic (exact) mass is 292 g/mol. The Morgan fingerprint density at radius 3 is 2.32 bits per heavy atom. The van der Waals surface area contributed by atoms with Crippen LogP contribution in [0.1, 0.15) is 24.3 Å². The van der Waals surface area contributed by atoms with Crippen molar-refractivity contribution in [3.63, 3.8) is 0 Å². The average molecular weight is 292 g/mol. The van der Waals surface area contributed by atoms with E-state index in [1.807, 2.05) is 18.2 Å². The summed E-state index contributed by atoms with van der Waals surface area (Å²) in [5, 5.41) is 41.9. The van der Waals surface area contributed by atoms with Gasteiger partial charge in [-0.1, -0.05) is 30.3 Å². The highest BCUT2D eigenvalue weighted by Crippen LogP contribution is 2.62. The van der Waals surface area contributed by atoms with Crippen LogP contribution < -0.4 is 5.32 Å². The molecule has 2 N–H and O–H groups in total. The molecule has 1 saturated carbocycles. The zero-order valence-corrected chi connectivity index (χ0v) is 11.6. The third-order valence-electron chi connectivity index (χ3n) is 4.77. The van der Waals surface area contributed by atoms with Gasteiger partial charge in [-0.25, -0.2) is 0 Å². The number of nitriles is 3. The second-order valence-electron chi connectivity index (χ2n) is 5.88. The van der Waals surface area contributed by atoms with E-state index in [1.54, 1.807) is 30.3 Å². The quantitative estimate of drug-likeness (QED) is 0.797. The molecule has 1 aliphatic carbocycles. The number of nitrogens with zero attached hydrogens (tertiary/aromatic N) is 3. The minimum Gasteiger partial charge on any atom is -0.371 e. The lowest BCUT2D eigenvalue weighted by molar-refractivity contribution is -0.128. The second-order valence-corrected chi connectivity index (χ2v) is 5.88. The van der Waals surface area contributed by atoms with E-state index in [2.05, 4.69) is 5.32 Å². The van der Waals surface area contributed by atoms with E-state index in [-0.39, 0.29) is 12.8 Å².